The van der Waals surface area contributed by atoms with Gasteiger partial charge >= 0.3 is 0 Å². The van der Waals surface area contributed by atoms with Crippen molar-refractivity contribution in [3.05, 3.63) is 53.5 Å². The van der Waals surface area contributed by atoms with Crippen LogP contribution in [0.4, 0.5) is 5.82 Å². The van der Waals surface area contributed by atoms with Crippen LogP contribution in [0.3, 0.4) is 0 Å². The number of aromatic nitrogens is 4. The highest BCUT2D eigenvalue weighted by molar-refractivity contribution is 5.76. The van der Waals surface area contributed by atoms with Gasteiger partial charge in [-0.05, 0) is 38.0 Å². The van der Waals surface area contributed by atoms with E-state index in [2.05, 4.69) is 25.3 Å². The van der Waals surface area contributed by atoms with Crippen LogP contribution in [0.2, 0.25) is 0 Å². The Bertz CT molecular complexity index is 1010. The Hall–Kier alpha value is -3.20. The van der Waals surface area contributed by atoms with Crippen LogP contribution in [0.1, 0.15) is 29.1 Å². The Balaban J connectivity index is 1.38. The smallest absolute Gasteiger partial charge is 0.220 e. The number of ether oxygens (including phenoxy) is 1. The average molecular weight is 425 g/mol. The van der Waals surface area contributed by atoms with Gasteiger partial charge in [-0.25, -0.2) is 14.6 Å². The molecule has 0 aromatic carbocycles. The van der Waals surface area contributed by atoms with E-state index in [9.17, 15) is 4.79 Å². The second kappa shape index (κ2) is 9.74. The summed E-state index contributed by atoms with van der Waals surface area (Å²) >= 11 is 0. The number of hydrogen-bond acceptors (Lipinski definition) is 7. The Morgan fingerprint density at radius 3 is 2.74 bits per heavy atom. The fourth-order valence-corrected chi connectivity index (χ4v) is 3.79. The SMILES string of the molecule is Cc1nn(-c2cc(N3CCOCC3)ncn2)c(C)c1CCC(=O)NCCc1ccco1. The van der Waals surface area contributed by atoms with Crippen molar-refractivity contribution in [1.29, 1.82) is 0 Å². The van der Waals surface area contributed by atoms with Crippen molar-refractivity contribution >= 4 is 11.7 Å². The first-order valence-electron chi connectivity index (χ1n) is 10.6. The average Bonchev–Trinajstić information content (AvgIpc) is 3.41. The molecule has 4 rings (SSSR count). The minimum atomic E-state index is 0.0229. The van der Waals surface area contributed by atoms with Crippen LogP contribution in [0.25, 0.3) is 5.82 Å². The van der Waals surface area contributed by atoms with Gasteiger partial charge in [0.25, 0.3) is 0 Å². The lowest BCUT2D eigenvalue weighted by Gasteiger charge is -2.27. The minimum absolute atomic E-state index is 0.0229. The van der Waals surface area contributed by atoms with E-state index in [4.69, 9.17) is 9.15 Å². The van der Waals surface area contributed by atoms with Crippen molar-refractivity contribution in [3.8, 4) is 5.82 Å². The second-order valence-electron chi connectivity index (χ2n) is 7.57. The Morgan fingerprint density at radius 2 is 1.97 bits per heavy atom. The summed E-state index contributed by atoms with van der Waals surface area (Å²) < 4.78 is 12.5. The first kappa shape index (κ1) is 21.0. The topological polar surface area (TPSA) is 98.3 Å². The van der Waals surface area contributed by atoms with Crippen LogP contribution in [-0.2, 0) is 22.4 Å². The van der Waals surface area contributed by atoms with Gasteiger partial charge in [0.15, 0.2) is 5.82 Å². The fraction of sp³-hybridized carbons (Fsp3) is 0.455. The van der Waals surface area contributed by atoms with E-state index in [1.54, 1.807) is 12.6 Å². The van der Waals surface area contributed by atoms with Crippen LogP contribution in [-0.4, -0.2) is 58.5 Å². The maximum absolute atomic E-state index is 12.3. The summed E-state index contributed by atoms with van der Waals surface area (Å²) in [7, 11) is 0. The van der Waals surface area contributed by atoms with Crippen molar-refractivity contribution in [2.24, 2.45) is 0 Å². The molecule has 31 heavy (non-hydrogen) atoms. The van der Waals surface area contributed by atoms with Gasteiger partial charge in [0.2, 0.25) is 5.91 Å². The number of furan rings is 1. The molecule has 3 aromatic heterocycles. The predicted octanol–water partition coefficient (Wildman–Crippen LogP) is 2.00. The lowest BCUT2D eigenvalue weighted by molar-refractivity contribution is -0.121. The molecule has 1 aliphatic rings. The molecule has 0 spiro atoms. The summed E-state index contributed by atoms with van der Waals surface area (Å²) in [5.74, 6) is 2.49. The standard InChI is InChI=1S/C22H28N6O3/c1-16-19(5-6-22(29)23-8-7-18-4-3-11-31-18)17(2)28(26-16)21-14-20(24-15-25-21)27-9-12-30-13-10-27/h3-4,11,14-15H,5-10,12-13H2,1-2H3,(H,23,29). The van der Waals surface area contributed by atoms with Crippen molar-refractivity contribution in [2.75, 3.05) is 37.7 Å². The maximum atomic E-state index is 12.3. The van der Waals surface area contributed by atoms with Gasteiger partial charge in [0.05, 0.1) is 25.2 Å². The molecule has 0 unspecified atom stereocenters. The highest BCUT2D eigenvalue weighted by Gasteiger charge is 2.17. The van der Waals surface area contributed by atoms with Crippen LogP contribution >= 0.6 is 0 Å². The Kier molecular flexibility index (Phi) is 6.61. The summed E-state index contributed by atoms with van der Waals surface area (Å²) in [6, 6.07) is 5.71. The molecule has 1 aliphatic heterocycles. The van der Waals surface area contributed by atoms with Crippen molar-refractivity contribution in [1.82, 2.24) is 25.1 Å². The lowest BCUT2D eigenvalue weighted by Crippen LogP contribution is -2.36. The molecule has 1 fully saturated rings. The third-order valence-corrected chi connectivity index (χ3v) is 5.51. The predicted molar refractivity (Wildman–Crippen MR) is 115 cm³/mol. The lowest BCUT2D eigenvalue weighted by atomic mass is 10.1. The summed E-state index contributed by atoms with van der Waals surface area (Å²) in [4.78, 5) is 23.3. The largest absolute Gasteiger partial charge is 0.469 e. The third kappa shape index (κ3) is 5.11. The highest BCUT2D eigenvalue weighted by atomic mass is 16.5. The van der Waals surface area contributed by atoms with Crippen molar-refractivity contribution < 1.29 is 13.9 Å². The van der Waals surface area contributed by atoms with Crippen LogP contribution in [0, 0.1) is 13.8 Å². The molecule has 1 saturated heterocycles. The summed E-state index contributed by atoms with van der Waals surface area (Å²) in [5.41, 5.74) is 2.98. The number of rotatable bonds is 8. The van der Waals surface area contributed by atoms with Gasteiger partial charge in [-0.1, -0.05) is 0 Å². The van der Waals surface area contributed by atoms with Gasteiger partial charge < -0.3 is 19.4 Å². The van der Waals surface area contributed by atoms with E-state index in [1.807, 2.05) is 36.7 Å². The van der Waals surface area contributed by atoms with Gasteiger partial charge in [0, 0.05) is 44.2 Å². The molecule has 9 heteroatoms. The molecule has 164 valence electrons. The zero-order chi connectivity index (χ0) is 21.6. The number of hydrogen-bond donors (Lipinski definition) is 1. The van der Waals surface area contributed by atoms with Gasteiger partial charge in [-0.2, -0.15) is 5.10 Å². The highest BCUT2D eigenvalue weighted by Crippen LogP contribution is 2.21. The first-order chi connectivity index (χ1) is 15.1. The van der Waals surface area contributed by atoms with Gasteiger partial charge in [0.1, 0.15) is 17.9 Å². The minimum Gasteiger partial charge on any atom is -0.469 e. The van der Waals surface area contributed by atoms with Gasteiger partial charge in [-0.3, -0.25) is 4.79 Å². The number of carbonyl (C=O) groups excluding carboxylic acids is 1. The van der Waals surface area contributed by atoms with E-state index >= 15 is 0 Å². The summed E-state index contributed by atoms with van der Waals surface area (Å²) in [5, 5.41) is 7.63. The van der Waals surface area contributed by atoms with E-state index in [1.165, 1.54) is 0 Å². The third-order valence-electron chi connectivity index (χ3n) is 5.51. The summed E-state index contributed by atoms with van der Waals surface area (Å²) in [6.07, 6.45) is 4.94. The van der Waals surface area contributed by atoms with E-state index < -0.39 is 0 Å². The second-order valence-corrected chi connectivity index (χ2v) is 7.57. The molecule has 3 aromatic rings. The number of nitrogens with zero attached hydrogens (tertiary/aromatic N) is 5. The Morgan fingerprint density at radius 1 is 1.16 bits per heavy atom. The fourth-order valence-electron chi connectivity index (χ4n) is 3.79. The zero-order valence-corrected chi connectivity index (χ0v) is 18.0. The molecule has 0 radical (unpaired) electrons. The van der Waals surface area contributed by atoms with Crippen molar-refractivity contribution in [3.63, 3.8) is 0 Å². The molecule has 0 atom stereocenters. The molecule has 1 N–H and O–H groups in total. The number of aryl methyl sites for hydroxylation is 1. The number of anilines is 1. The van der Waals surface area contributed by atoms with Crippen LogP contribution in [0.15, 0.2) is 35.2 Å². The monoisotopic (exact) mass is 424 g/mol. The Labute approximate surface area is 181 Å². The molecule has 0 aliphatic carbocycles. The number of amides is 1. The molecule has 4 heterocycles. The molecule has 0 saturated carbocycles. The molecular weight excluding hydrogens is 396 g/mol. The molecule has 9 nitrogen and oxygen atoms in total. The number of nitrogens with one attached hydrogen (secondary N) is 1. The zero-order valence-electron chi connectivity index (χ0n) is 18.0. The van der Waals surface area contributed by atoms with E-state index in [0.717, 1.165) is 47.4 Å². The summed E-state index contributed by atoms with van der Waals surface area (Å²) in [6.45, 7) is 7.58. The normalized spacial score (nSPS) is 14.1. The van der Waals surface area contributed by atoms with Crippen molar-refractivity contribution in [2.45, 2.75) is 33.1 Å². The van der Waals surface area contributed by atoms with Crippen LogP contribution in [0.5, 0.6) is 0 Å². The van der Waals surface area contributed by atoms with Crippen LogP contribution < -0.4 is 10.2 Å². The van der Waals surface area contributed by atoms with Gasteiger partial charge in [-0.15, -0.1) is 0 Å². The number of carbonyl (C=O) groups is 1. The number of morpholine rings is 1. The van der Waals surface area contributed by atoms with E-state index in [0.29, 0.717) is 39.0 Å². The first-order valence-corrected chi connectivity index (χ1v) is 10.6. The maximum Gasteiger partial charge on any atom is 0.220 e. The quantitative estimate of drug-likeness (QED) is 0.590. The molecular formula is C22H28N6O3. The molecule has 1 amide bonds. The molecule has 0 bridgehead atoms. The van der Waals surface area contributed by atoms with E-state index in [-0.39, 0.29) is 5.91 Å².